The zero-order valence-electron chi connectivity index (χ0n) is 11.4. The summed E-state index contributed by atoms with van der Waals surface area (Å²) >= 11 is 0. The number of nitriles is 1. The monoisotopic (exact) mass is 316 g/mol. The molecule has 0 saturated carbocycles. The number of aromatic amines is 1. The molecule has 0 bridgehead atoms. The van der Waals surface area contributed by atoms with E-state index in [9.17, 15) is 8.42 Å². The first kappa shape index (κ1) is 15.4. The fraction of sp³-hybridized carbons (Fsp3) is 0.0769. The second kappa shape index (κ2) is 6.64. The molecule has 8 nitrogen and oxygen atoms in total. The van der Waals surface area contributed by atoms with E-state index in [2.05, 4.69) is 32.5 Å². The van der Waals surface area contributed by atoms with Crippen LogP contribution in [0.3, 0.4) is 0 Å². The minimum Gasteiger partial charge on any atom is -0.360 e. The summed E-state index contributed by atoms with van der Waals surface area (Å²) < 4.78 is 23.7. The van der Waals surface area contributed by atoms with E-state index in [4.69, 9.17) is 5.26 Å². The van der Waals surface area contributed by atoms with E-state index in [0.29, 0.717) is 5.69 Å². The molecule has 0 saturated heterocycles. The van der Waals surface area contributed by atoms with Crippen LogP contribution < -0.4 is 5.32 Å². The third-order valence-corrected chi connectivity index (χ3v) is 4.31. The molecule has 2 aromatic rings. The van der Waals surface area contributed by atoms with E-state index in [0.717, 1.165) is 0 Å². The van der Waals surface area contributed by atoms with Gasteiger partial charge in [-0.3, -0.25) is 0 Å². The lowest BCUT2D eigenvalue weighted by atomic mass is 10.3. The summed E-state index contributed by atoms with van der Waals surface area (Å²) in [5, 5.41) is 24.9. The Labute approximate surface area is 127 Å². The van der Waals surface area contributed by atoms with Crippen LogP contribution in [0, 0.1) is 11.3 Å². The lowest BCUT2D eigenvalue weighted by Gasteiger charge is -2.04. The third kappa shape index (κ3) is 3.56. The van der Waals surface area contributed by atoms with Gasteiger partial charge in [-0.15, -0.1) is 16.8 Å². The van der Waals surface area contributed by atoms with Crippen molar-refractivity contribution in [2.75, 3.05) is 11.1 Å². The first-order valence-electron chi connectivity index (χ1n) is 6.11. The summed E-state index contributed by atoms with van der Waals surface area (Å²) in [4.78, 5) is 0.209. The summed E-state index contributed by atoms with van der Waals surface area (Å²) in [5.74, 6) is 0.0518. The molecule has 1 aromatic heterocycles. The molecule has 112 valence electrons. The van der Waals surface area contributed by atoms with Crippen molar-refractivity contribution in [2.45, 2.75) is 4.90 Å². The normalized spacial score (nSPS) is 11.7. The van der Waals surface area contributed by atoms with Crippen LogP contribution in [-0.4, -0.2) is 34.8 Å². The Balaban J connectivity index is 2.15. The second-order valence-corrected chi connectivity index (χ2v) is 6.18. The van der Waals surface area contributed by atoms with Crippen molar-refractivity contribution in [2.24, 2.45) is 0 Å². The van der Waals surface area contributed by atoms with Gasteiger partial charge < -0.3 is 5.32 Å². The summed E-state index contributed by atoms with van der Waals surface area (Å²) in [6, 6.07) is 8.09. The first-order valence-corrected chi connectivity index (χ1v) is 7.76. The van der Waals surface area contributed by atoms with Gasteiger partial charge in [-0.1, -0.05) is 6.08 Å². The summed E-state index contributed by atoms with van der Waals surface area (Å²) in [6.07, 6.45) is 2.76. The maximum absolute atomic E-state index is 11.8. The number of hydrogen-bond donors (Lipinski definition) is 2. The van der Waals surface area contributed by atoms with Crippen molar-refractivity contribution in [3.05, 3.63) is 48.9 Å². The average molecular weight is 316 g/mol. The summed E-state index contributed by atoms with van der Waals surface area (Å²) in [5.41, 5.74) is 0.811. The van der Waals surface area contributed by atoms with Crippen LogP contribution in [-0.2, 0) is 9.84 Å². The molecule has 0 aliphatic carbocycles. The van der Waals surface area contributed by atoms with Gasteiger partial charge in [-0.05, 0) is 29.5 Å². The van der Waals surface area contributed by atoms with Crippen LogP contribution in [0.1, 0.15) is 5.82 Å². The number of hydrogen-bond acceptors (Lipinski definition) is 7. The van der Waals surface area contributed by atoms with Gasteiger partial charge in [0.05, 0.1) is 10.6 Å². The zero-order valence-corrected chi connectivity index (χ0v) is 12.2. The quantitative estimate of drug-likeness (QED) is 0.604. The van der Waals surface area contributed by atoms with Gasteiger partial charge in [0.1, 0.15) is 11.6 Å². The molecule has 0 unspecified atom stereocenters. The van der Waals surface area contributed by atoms with Crippen LogP contribution in [0.5, 0.6) is 0 Å². The van der Waals surface area contributed by atoms with E-state index in [-0.39, 0.29) is 22.0 Å². The van der Waals surface area contributed by atoms with Gasteiger partial charge >= 0.3 is 0 Å². The molecule has 0 amide bonds. The van der Waals surface area contributed by atoms with Crippen molar-refractivity contribution < 1.29 is 8.42 Å². The fourth-order valence-corrected chi connectivity index (χ4v) is 2.64. The zero-order chi connectivity index (χ0) is 16.0. The second-order valence-electron chi connectivity index (χ2n) is 4.14. The van der Waals surface area contributed by atoms with Gasteiger partial charge in [0.15, 0.2) is 9.84 Å². The van der Waals surface area contributed by atoms with Crippen LogP contribution in [0.15, 0.2) is 48.0 Å². The van der Waals surface area contributed by atoms with Gasteiger partial charge in [0.25, 0.3) is 0 Å². The minimum absolute atomic E-state index is 0.115. The Morgan fingerprint density at radius 1 is 1.41 bits per heavy atom. The third-order valence-electron chi connectivity index (χ3n) is 2.64. The smallest absolute Gasteiger partial charge is 0.216 e. The highest BCUT2D eigenvalue weighted by Gasteiger charge is 2.11. The number of allylic oxidation sites excluding steroid dienone is 1. The van der Waals surface area contributed by atoms with Gasteiger partial charge in [0.2, 0.25) is 5.82 Å². The Bertz CT molecular complexity index is 816. The highest BCUT2D eigenvalue weighted by atomic mass is 32.2. The minimum atomic E-state index is -3.34. The lowest BCUT2D eigenvalue weighted by Crippen LogP contribution is -2.04. The number of anilines is 1. The summed E-state index contributed by atoms with van der Waals surface area (Å²) in [7, 11) is -3.34. The van der Waals surface area contributed by atoms with E-state index in [1.54, 1.807) is 12.1 Å². The van der Waals surface area contributed by atoms with Crippen molar-refractivity contribution >= 4 is 21.1 Å². The molecule has 2 rings (SSSR count). The van der Waals surface area contributed by atoms with E-state index in [1.807, 2.05) is 6.07 Å². The Kier molecular flexibility index (Phi) is 4.65. The molecule has 0 spiro atoms. The molecule has 1 heterocycles. The highest BCUT2D eigenvalue weighted by molar-refractivity contribution is 7.91. The standard InChI is InChI=1S/C13H12N6O2S/c1-2-7-22(20,21)12-5-3-11(4-6-12)15-9-10(8-14)13-16-18-19-17-13/h2-6,9,15H,1,7H2,(H,16,17,18,19). The first-order chi connectivity index (χ1) is 10.6. The van der Waals surface area contributed by atoms with Crippen LogP contribution in [0.25, 0.3) is 5.57 Å². The van der Waals surface area contributed by atoms with E-state index in [1.165, 1.54) is 24.4 Å². The highest BCUT2D eigenvalue weighted by Crippen LogP contribution is 2.16. The predicted molar refractivity (Wildman–Crippen MR) is 80.1 cm³/mol. The maximum atomic E-state index is 11.8. The Hall–Kier alpha value is -2.99. The van der Waals surface area contributed by atoms with Gasteiger partial charge in [0, 0.05) is 11.9 Å². The summed E-state index contributed by atoms with van der Waals surface area (Å²) in [6.45, 7) is 3.42. The number of sulfone groups is 1. The Morgan fingerprint density at radius 3 is 2.68 bits per heavy atom. The molecule has 2 N–H and O–H groups in total. The molecule has 0 atom stereocenters. The van der Waals surface area contributed by atoms with Gasteiger partial charge in [-0.25, -0.2) is 8.42 Å². The van der Waals surface area contributed by atoms with Crippen molar-refractivity contribution in [1.29, 1.82) is 5.26 Å². The largest absolute Gasteiger partial charge is 0.360 e. The molecule has 0 radical (unpaired) electrons. The van der Waals surface area contributed by atoms with Crippen molar-refractivity contribution in [3.8, 4) is 6.07 Å². The lowest BCUT2D eigenvalue weighted by molar-refractivity contribution is 0.599. The van der Waals surface area contributed by atoms with E-state index >= 15 is 0 Å². The Morgan fingerprint density at radius 2 is 2.14 bits per heavy atom. The number of nitrogens with one attached hydrogen (secondary N) is 2. The molecule has 9 heteroatoms. The number of benzene rings is 1. The topological polar surface area (TPSA) is 124 Å². The number of rotatable bonds is 6. The molecule has 0 fully saturated rings. The number of H-pyrrole nitrogens is 1. The molecular weight excluding hydrogens is 304 g/mol. The molecule has 0 aliphatic rings. The van der Waals surface area contributed by atoms with Crippen molar-refractivity contribution in [1.82, 2.24) is 20.6 Å². The van der Waals surface area contributed by atoms with Crippen LogP contribution in [0.4, 0.5) is 5.69 Å². The fourth-order valence-electron chi connectivity index (χ4n) is 1.59. The predicted octanol–water partition coefficient (Wildman–Crippen LogP) is 1.14. The maximum Gasteiger partial charge on any atom is 0.216 e. The van der Waals surface area contributed by atoms with Gasteiger partial charge in [-0.2, -0.15) is 10.5 Å². The molecule has 0 aliphatic heterocycles. The number of aromatic nitrogens is 4. The van der Waals surface area contributed by atoms with Crippen LogP contribution >= 0.6 is 0 Å². The van der Waals surface area contributed by atoms with Crippen molar-refractivity contribution in [3.63, 3.8) is 0 Å². The molecule has 1 aromatic carbocycles. The SMILES string of the molecule is C=CCS(=O)(=O)c1ccc(NC=C(C#N)c2nn[nH]n2)cc1. The van der Waals surface area contributed by atoms with Crippen LogP contribution in [0.2, 0.25) is 0 Å². The number of nitrogens with zero attached hydrogens (tertiary/aromatic N) is 4. The number of tetrazole rings is 1. The molecule has 22 heavy (non-hydrogen) atoms. The van der Waals surface area contributed by atoms with E-state index < -0.39 is 9.84 Å². The average Bonchev–Trinajstić information content (AvgIpc) is 3.03. The molecular formula is C13H12N6O2S.